The first-order chi connectivity index (χ1) is 5.92. The first-order valence-corrected chi connectivity index (χ1v) is 4.37. The van der Waals surface area contributed by atoms with Crippen molar-refractivity contribution in [2.75, 3.05) is 7.11 Å². The molecule has 1 aliphatic rings. The van der Waals surface area contributed by atoms with E-state index in [4.69, 9.17) is 4.74 Å². The Morgan fingerprint density at radius 1 is 1.58 bits per heavy atom. The molecule has 0 fully saturated rings. The van der Waals surface area contributed by atoms with Crippen molar-refractivity contribution < 1.29 is 4.74 Å². The summed E-state index contributed by atoms with van der Waals surface area (Å²) >= 11 is 0. The Kier molecular flexibility index (Phi) is 2.09. The smallest absolute Gasteiger partial charge is 0.0825 e. The maximum atomic E-state index is 5.39. The number of methoxy groups -OCH3 is 1. The minimum Gasteiger partial charge on any atom is -0.377 e. The predicted molar refractivity (Wildman–Crippen MR) is 46.9 cm³/mol. The molecule has 0 aromatic carbocycles. The molecule has 1 atom stereocenters. The monoisotopic (exact) mass is 163 g/mol. The topological polar surface area (TPSA) is 22.1 Å². The molecule has 2 nitrogen and oxygen atoms in total. The van der Waals surface area contributed by atoms with E-state index >= 15 is 0 Å². The molecule has 0 saturated heterocycles. The van der Waals surface area contributed by atoms with E-state index in [1.807, 2.05) is 12.4 Å². The fourth-order valence-electron chi connectivity index (χ4n) is 1.84. The zero-order chi connectivity index (χ0) is 8.39. The molecule has 0 bridgehead atoms. The number of ether oxygens (including phenoxy) is 1. The highest BCUT2D eigenvalue weighted by Gasteiger charge is 2.18. The molecule has 2 heteroatoms. The van der Waals surface area contributed by atoms with E-state index < -0.39 is 0 Å². The van der Waals surface area contributed by atoms with Crippen LogP contribution in [0.1, 0.15) is 30.1 Å². The van der Waals surface area contributed by atoms with Crippen LogP contribution in [-0.2, 0) is 11.2 Å². The van der Waals surface area contributed by atoms with E-state index in [0.717, 1.165) is 12.8 Å². The summed E-state index contributed by atoms with van der Waals surface area (Å²) in [5.41, 5.74) is 2.69. The number of pyridine rings is 1. The maximum absolute atomic E-state index is 5.39. The number of hydrogen-bond donors (Lipinski definition) is 0. The van der Waals surface area contributed by atoms with Crippen molar-refractivity contribution in [1.29, 1.82) is 0 Å². The number of aryl methyl sites for hydroxylation is 1. The van der Waals surface area contributed by atoms with Crippen molar-refractivity contribution in [3.05, 3.63) is 29.6 Å². The van der Waals surface area contributed by atoms with E-state index in [1.165, 1.54) is 17.5 Å². The number of fused-ring (bicyclic) bond motifs is 1. The lowest BCUT2D eigenvalue weighted by Crippen LogP contribution is -2.11. The van der Waals surface area contributed by atoms with E-state index in [1.54, 1.807) is 7.11 Å². The van der Waals surface area contributed by atoms with E-state index in [-0.39, 0.29) is 0 Å². The van der Waals surface area contributed by atoms with Crippen molar-refractivity contribution in [1.82, 2.24) is 4.98 Å². The molecular weight excluding hydrogens is 150 g/mol. The first-order valence-electron chi connectivity index (χ1n) is 4.37. The number of hydrogen-bond acceptors (Lipinski definition) is 2. The molecule has 1 aromatic rings. The third-order valence-electron chi connectivity index (χ3n) is 2.49. The summed E-state index contributed by atoms with van der Waals surface area (Å²) in [6, 6.07) is 2.07. The predicted octanol–water partition coefficient (Wildman–Crippen LogP) is 2.11. The Morgan fingerprint density at radius 3 is 3.33 bits per heavy atom. The quantitative estimate of drug-likeness (QED) is 0.632. The van der Waals surface area contributed by atoms with Gasteiger partial charge in [0.15, 0.2) is 0 Å². The molecule has 0 amide bonds. The first kappa shape index (κ1) is 7.74. The molecule has 64 valence electrons. The zero-order valence-electron chi connectivity index (χ0n) is 7.29. The summed E-state index contributed by atoms with van der Waals surface area (Å²) in [5.74, 6) is 0. The van der Waals surface area contributed by atoms with Crippen LogP contribution >= 0.6 is 0 Å². The van der Waals surface area contributed by atoms with Gasteiger partial charge in [0.05, 0.1) is 6.10 Å². The van der Waals surface area contributed by atoms with Crippen molar-refractivity contribution in [3.8, 4) is 0 Å². The van der Waals surface area contributed by atoms with Crippen LogP contribution in [0.15, 0.2) is 18.5 Å². The molecule has 1 heterocycles. The van der Waals surface area contributed by atoms with Crippen LogP contribution in [0, 0.1) is 0 Å². The molecule has 1 unspecified atom stereocenters. The van der Waals surface area contributed by atoms with Crippen LogP contribution in [0.2, 0.25) is 0 Å². The Hall–Kier alpha value is -0.890. The highest BCUT2D eigenvalue weighted by atomic mass is 16.5. The average Bonchev–Trinajstić information content (AvgIpc) is 2.17. The third kappa shape index (κ3) is 1.23. The minimum atomic E-state index is 0.303. The summed E-state index contributed by atoms with van der Waals surface area (Å²) in [7, 11) is 1.78. The van der Waals surface area contributed by atoms with Crippen molar-refractivity contribution in [3.63, 3.8) is 0 Å². The van der Waals surface area contributed by atoms with Crippen LogP contribution in [0.4, 0.5) is 0 Å². The van der Waals surface area contributed by atoms with Crippen molar-refractivity contribution in [2.45, 2.75) is 25.4 Å². The van der Waals surface area contributed by atoms with Gasteiger partial charge in [-0.1, -0.05) is 0 Å². The SMILES string of the molecule is COC1CCCc2cnccc21. The van der Waals surface area contributed by atoms with Gasteiger partial charge < -0.3 is 4.74 Å². The molecule has 0 saturated carbocycles. The fraction of sp³-hybridized carbons (Fsp3) is 0.500. The summed E-state index contributed by atoms with van der Waals surface area (Å²) in [6.45, 7) is 0. The standard InChI is InChI=1S/C10H13NO/c1-12-10-4-2-3-8-7-11-6-5-9(8)10/h5-7,10H,2-4H2,1H3. The summed E-state index contributed by atoms with van der Waals surface area (Å²) in [4.78, 5) is 4.11. The van der Waals surface area contributed by atoms with Crippen LogP contribution < -0.4 is 0 Å². The van der Waals surface area contributed by atoms with Crippen LogP contribution in [0.25, 0.3) is 0 Å². The molecule has 2 rings (SSSR count). The second-order valence-corrected chi connectivity index (χ2v) is 3.19. The van der Waals surface area contributed by atoms with Crippen LogP contribution in [0.3, 0.4) is 0 Å². The zero-order valence-corrected chi connectivity index (χ0v) is 7.29. The average molecular weight is 163 g/mol. The summed E-state index contributed by atoms with van der Waals surface area (Å²) < 4.78 is 5.39. The number of nitrogens with zero attached hydrogens (tertiary/aromatic N) is 1. The van der Waals surface area contributed by atoms with E-state index in [9.17, 15) is 0 Å². The van der Waals surface area contributed by atoms with Gasteiger partial charge in [0.25, 0.3) is 0 Å². The molecule has 0 radical (unpaired) electrons. The van der Waals surface area contributed by atoms with E-state index in [0.29, 0.717) is 6.10 Å². The second-order valence-electron chi connectivity index (χ2n) is 3.19. The third-order valence-corrected chi connectivity index (χ3v) is 2.49. The minimum absolute atomic E-state index is 0.303. The maximum Gasteiger partial charge on any atom is 0.0825 e. The highest BCUT2D eigenvalue weighted by molar-refractivity contribution is 5.27. The molecule has 0 aliphatic heterocycles. The van der Waals surface area contributed by atoms with Gasteiger partial charge in [-0.2, -0.15) is 0 Å². The van der Waals surface area contributed by atoms with Gasteiger partial charge in [0.1, 0.15) is 0 Å². The lowest BCUT2D eigenvalue weighted by atomic mass is 9.91. The van der Waals surface area contributed by atoms with Crippen molar-refractivity contribution >= 4 is 0 Å². The van der Waals surface area contributed by atoms with Crippen molar-refractivity contribution in [2.24, 2.45) is 0 Å². The number of rotatable bonds is 1. The Balaban J connectivity index is 2.37. The van der Waals surface area contributed by atoms with Gasteiger partial charge in [-0.3, -0.25) is 4.98 Å². The molecular formula is C10H13NO. The highest BCUT2D eigenvalue weighted by Crippen LogP contribution is 2.30. The lowest BCUT2D eigenvalue weighted by molar-refractivity contribution is 0.0880. The molecule has 0 N–H and O–H groups in total. The molecule has 1 aliphatic carbocycles. The normalized spacial score (nSPS) is 21.9. The lowest BCUT2D eigenvalue weighted by Gasteiger charge is -2.23. The fourth-order valence-corrected chi connectivity index (χ4v) is 1.84. The number of aromatic nitrogens is 1. The molecule has 1 aromatic heterocycles. The van der Waals surface area contributed by atoms with Crippen LogP contribution in [0.5, 0.6) is 0 Å². The van der Waals surface area contributed by atoms with E-state index in [2.05, 4.69) is 11.1 Å². The summed E-state index contributed by atoms with van der Waals surface area (Å²) in [6.07, 6.45) is 7.63. The van der Waals surface area contributed by atoms with Gasteiger partial charge in [-0.05, 0) is 36.5 Å². The van der Waals surface area contributed by atoms with Gasteiger partial charge in [-0.25, -0.2) is 0 Å². The summed E-state index contributed by atoms with van der Waals surface area (Å²) in [5, 5.41) is 0. The Morgan fingerprint density at radius 2 is 2.50 bits per heavy atom. The van der Waals surface area contributed by atoms with Gasteiger partial charge in [0, 0.05) is 19.5 Å². The largest absolute Gasteiger partial charge is 0.377 e. The Bertz CT molecular complexity index is 272. The van der Waals surface area contributed by atoms with Gasteiger partial charge in [-0.15, -0.1) is 0 Å². The van der Waals surface area contributed by atoms with Crippen LogP contribution in [-0.4, -0.2) is 12.1 Å². The second kappa shape index (κ2) is 3.23. The molecule has 0 spiro atoms. The van der Waals surface area contributed by atoms with Gasteiger partial charge >= 0.3 is 0 Å². The molecule has 12 heavy (non-hydrogen) atoms. The Labute approximate surface area is 72.6 Å². The van der Waals surface area contributed by atoms with Gasteiger partial charge in [0.2, 0.25) is 0 Å².